The maximum Gasteiger partial charge on any atom is 0.257 e. The third kappa shape index (κ3) is 3.73. The molecule has 17 heavy (non-hydrogen) atoms. The van der Waals surface area contributed by atoms with E-state index in [-0.39, 0.29) is 5.91 Å². The molecule has 0 fully saturated rings. The molecule has 0 aromatic carbocycles. The van der Waals surface area contributed by atoms with Gasteiger partial charge in [0.1, 0.15) is 0 Å². The van der Waals surface area contributed by atoms with Crippen molar-refractivity contribution in [2.24, 2.45) is 0 Å². The Morgan fingerprint density at radius 3 is 2.88 bits per heavy atom. The molecule has 0 saturated heterocycles. The van der Waals surface area contributed by atoms with Crippen LogP contribution in [0.1, 0.15) is 36.5 Å². The molecule has 1 heterocycles. The lowest BCUT2D eigenvalue weighted by atomic mass is 10.2. The number of hydrogen-bond acceptors (Lipinski definition) is 3. The highest BCUT2D eigenvalue weighted by Crippen LogP contribution is 2.14. The van der Waals surface area contributed by atoms with E-state index in [1.165, 1.54) is 0 Å². The highest BCUT2D eigenvalue weighted by molar-refractivity contribution is 5.99. The van der Waals surface area contributed by atoms with Gasteiger partial charge in [-0.25, -0.2) is 0 Å². The van der Waals surface area contributed by atoms with Gasteiger partial charge in [0.2, 0.25) is 0 Å². The monoisotopic (exact) mass is 235 g/mol. The Morgan fingerprint density at radius 2 is 2.24 bits per heavy atom. The third-order valence-electron chi connectivity index (χ3n) is 2.76. The summed E-state index contributed by atoms with van der Waals surface area (Å²) in [4.78, 5) is 17.9. The van der Waals surface area contributed by atoms with Gasteiger partial charge in [0.25, 0.3) is 5.91 Å². The summed E-state index contributed by atoms with van der Waals surface area (Å²) in [6, 6.07) is 1.81. The molecule has 0 radical (unpaired) electrons. The van der Waals surface area contributed by atoms with E-state index in [1.54, 1.807) is 17.3 Å². The first-order valence-corrected chi connectivity index (χ1v) is 6.08. The van der Waals surface area contributed by atoms with Crippen LogP contribution in [0.4, 0.5) is 5.69 Å². The van der Waals surface area contributed by atoms with E-state index in [0.717, 1.165) is 31.5 Å². The molecule has 1 rings (SSSR count). The molecule has 1 aromatic heterocycles. The summed E-state index contributed by atoms with van der Waals surface area (Å²) in [7, 11) is 3.65. The summed E-state index contributed by atoms with van der Waals surface area (Å²) in [6.07, 6.45) is 6.66. The maximum atomic E-state index is 12.2. The molecule has 0 atom stereocenters. The number of hydrogen-bond donors (Lipinski definition) is 1. The molecule has 4 heteroatoms. The minimum atomic E-state index is 0.0264. The molecule has 0 unspecified atom stereocenters. The summed E-state index contributed by atoms with van der Waals surface area (Å²) in [5.41, 5.74) is 1.46. The molecular formula is C13H21N3O. The van der Waals surface area contributed by atoms with E-state index in [1.807, 2.05) is 20.2 Å². The summed E-state index contributed by atoms with van der Waals surface area (Å²) in [6.45, 7) is 2.95. The number of nitrogens with one attached hydrogen (secondary N) is 1. The molecule has 0 aliphatic carbocycles. The van der Waals surface area contributed by atoms with Crippen LogP contribution in [0.2, 0.25) is 0 Å². The fourth-order valence-electron chi connectivity index (χ4n) is 1.69. The Morgan fingerprint density at radius 1 is 1.47 bits per heavy atom. The summed E-state index contributed by atoms with van der Waals surface area (Å²) < 4.78 is 0. The molecule has 0 aliphatic rings. The minimum absolute atomic E-state index is 0.0264. The Kier molecular flexibility index (Phi) is 5.46. The lowest BCUT2D eigenvalue weighted by molar-refractivity contribution is 0.0793. The van der Waals surface area contributed by atoms with E-state index in [2.05, 4.69) is 17.2 Å². The Labute approximate surface area is 103 Å². The molecule has 1 amide bonds. The number of pyridine rings is 1. The first-order chi connectivity index (χ1) is 8.20. The van der Waals surface area contributed by atoms with Gasteiger partial charge in [-0.1, -0.05) is 19.8 Å². The lowest BCUT2D eigenvalue weighted by Crippen LogP contribution is -2.28. The molecule has 0 spiro atoms. The van der Waals surface area contributed by atoms with Crippen molar-refractivity contribution in [3.8, 4) is 0 Å². The molecule has 1 N–H and O–H groups in total. The number of amides is 1. The van der Waals surface area contributed by atoms with Crippen molar-refractivity contribution in [3.05, 3.63) is 24.0 Å². The zero-order chi connectivity index (χ0) is 12.7. The zero-order valence-corrected chi connectivity index (χ0v) is 10.9. The highest BCUT2D eigenvalue weighted by Gasteiger charge is 2.14. The second kappa shape index (κ2) is 6.89. The Balaban J connectivity index is 2.67. The number of rotatable bonds is 6. The van der Waals surface area contributed by atoms with Gasteiger partial charge in [-0.2, -0.15) is 0 Å². The van der Waals surface area contributed by atoms with E-state index < -0.39 is 0 Å². The van der Waals surface area contributed by atoms with E-state index >= 15 is 0 Å². The van der Waals surface area contributed by atoms with Crippen LogP contribution < -0.4 is 5.32 Å². The second-order valence-electron chi connectivity index (χ2n) is 4.11. The van der Waals surface area contributed by atoms with E-state index in [0.29, 0.717) is 5.56 Å². The third-order valence-corrected chi connectivity index (χ3v) is 2.76. The van der Waals surface area contributed by atoms with Crippen molar-refractivity contribution in [1.29, 1.82) is 0 Å². The molecule has 1 aromatic rings. The van der Waals surface area contributed by atoms with Crippen molar-refractivity contribution in [3.63, 3.8) is 0 Å². The average molecular weight is 235 g/mol. The molecule has 0 bridgehead atoms. The van der Waals surface area contributed by atoms with Gasteiger partial charge in [-0.3, -0.25) is 9.78 Å². The molecular weight excluding hydrogens is 214 g/mol. The fourth-order valence-corrected chi connectivity index (χ4v) is 1.69. The second-order valence-corrected chi connectivity index (χ2v) is 4.11. The van der Waals surface area contributed by atoms with Gasteiger partial charge in [0.15, 0.2) is 0 Å². The van der Waals surface area contributed by atoms with Gasteiger partial charge in [0.05, 0.1) is 5.56 Å². The van der Waals surface area contributed by atoms with Crippen molar-refractivity contribution in [2.45, 2.75) is 26.2 Å². The topological polar surface area (TPSA) is 45.2 Å². The number of nitrogens with zero attached hydrogens (tertiary/aromatic N) is 2. The number of anilines is 1. The van der Waals surface area contributed by atoms with Crippen LogP contribution in [-0.2, 0) is 0 Å². The standard InChI is InChI=1S/C13H21N3O/c1-4-5-6-9-16(3)13(17)11-10-15-8-7-12(11)14-2/h7-8,10H,4-6,9H2,1-3H3,(H,14,15). The number of unbranched alkanes of at least 4 members (excludes halogenated alkanes) is 2. The smallest absolute Gasteiger partial charge is 0.257 e. The number of aromatic nitrogens is 1. The van der Waals surface area contributed by atoms with Crippen molar-refractivity contribution < 1.29 is 4.79 Å². The van der Waals surface area contributed by atoms with Crippen molar-refractivity contribution in [1.82, 2.24) is 9.88 Å². The van der Waals surface area contributed by atoms with E-state index in [4.69, 9.17) is 0 Å². The van der Waals surface area contributed by atoms with Crippen LogP contribution in [0.3, 0.4) is 0 Å². The van der Waals surface area contributed by atoms with Gasteiger partial charge >= 0.3 is 0 Å². The maximum absolute atomic E-state index is 12.2. The van der Waals surface area contributed by atoms with Crippen molar-refractivity contribution in [2.75, 3.05) is 26.0 Å². The quantitative estimate of drug-likeness (QED) is 0.770. The highest BCUT2D eigenvalue weighted by atomic mass is 16.2. The van der Waals surface area contributed by atoms with Crippen LogP contribution in [0.5, 0.6) is 0 Å². The summed E-state index contributed by atoms with van der Waals surface area (Å²) in [5, 5.41) is 3.01. The SMILES string of the molecule is CCCCCN(C)C(=O)c1cnccc1NC. The molecule has 0 aliphatic heterocycles. The van der Waals surface area contributed by atoms with Crippen LogP contribution >= 0.6 is 0 Å². The van der Waals surface area contributed by atoms with Gasteiger partial charge in [0, 0.05) is 38.7 Å². The van der Waals surface area contributed by atoms with Gasteiger partial charge < -0.3 is 10.2 Å². The van der Waals surface area contributed by atoms with Gasteiger partial charge in [-0.05, 0) is 12.5 Å². The van der Waals surface area contributed by atoms with Crippen LogP contribution in [0.25, 0.3) is 0 Å². The zero-order valence-electron chi connectivity index (χ0n) is 10.9. The Hall–Kier alpha value is -1.58. The largest absolute Gasteiger partial charge is 0.387 e. The first kappa shape index (κ1) is 13.5. The van der Waals surface area contributed by atoms with Crippen LogP contribution in [0.15, 0.2) is 18.5 Å². The van der Waals surface area contributed by atoms with Crippen LogP contribution in [0, 0.1) is 0 Å². The van der Waals surface area contributed by atoms with Crippen molar-refractivity contribution >= 4 is 11.6 Å². The van der Waals surface area contributed by atoms with Crippen LogP contribution in [-0.4, -0.2) is 36.4 Å². The first-order valence-electron chi connectivity index (χ1n) is 6.08. The molecule has 4 nitrogen and oxygen atoms in total. The predicted octanol–water partition coefficient (Wildman–Crippen LogP) is 2.39. The molecule has 94 valence electrons. The average Bonchev–Trinajstić information content (AvgIpc) is 2.38. The summed E-state index contributed by atoms with van der Waals surface area (Å²) in [5.74, 6) is 0.0264. The fraction of sp³-hybridized carbons (Fsp3) is 0.538. The normalized spacial score (nSPS) is 10.1. The Bertz CT molecular complexity index is 365. The lowest BCUT2D eigenvalue weighted by Gasteiger charge is -2.18. The van der Waals surface area contributed by atoms with E-state index in [9.17, 15) is 4.79 Å². The number of carbonyl (C=O) groups excluding carboxylic acids is 1. The number of carbonyl (C=O) groups is 1. The van der Waals surface area contributed by atoms with Gasteiger partial charge in [-0.15, -0.1) is 0 Å². The predicted molar refractivity (Wildman–Crippen MR) is 70.3 cm³/mol. The minimum Gasteiger partial charge on any atom is -0.387 e. The summed E-state index contributed by atoms with van der Waals surface area (Å²) >= 11 is 0. The molecule has 0 saturated carbocycles.